The summed E-state index contributed by atoms with van der Waals surface area (Å²) in [5.74, 6) is -0.135. The van der Waals surface area contributed by atoms with Crippen molar-refractivity contribution < 1.29 is 4.39 Å². The van der Waals surface area contributed by atoms with Crippen LogP contribution in [0.25, 0.3) is 0 Å². The maximum Gasteiger partial charge on any atom is 0.123 e. The van der Waals surface area contributed by atoms with Gasteiger partial charge in [-0.3, -0.25) is 0 Å². The third-order valence-corrected chi connectivity index (χ3v) is 4.69. The first-order chi connectivity index (χ1) is 8.65. The summed E-state index contributed by atoms with van der Waals surface area (Å²) in [6, 6.07) is 5.00. The molecule has 0 bridgehead atoms. The summed E-state index contributed by atoms with van der Waals surface area (Å²) in [4.78, 5) is 0. The zero-order valence-electron chi connectivity index (χ0n) is 10.9. The Morgan fingerprint density at radius 3 is 2.78 bits per heavy atom. The second-order valence-electron chi connectivity index (χ2n) is 5.44. The number of nitrogens with one attached hydrogen (secondary N) is 1. The van der Waals surface area contributed by atoms with Crippen LogP contribution >= 0.6 is 15.9 Å². The maximum absolute atomic E-state index is 13.3. The van der Waals surface area contributed by atoms with E-state index in [0.717, 1.165) is 29.5 Å². The zero-order chi connectivity index (χ0) is 13.0. The zero-order valence-corrected chi connectivity index (χ0v) is 12.5. The van der Waals surface area contributed by atoms with Gasteiger partial charge in [0.05, 0.1) is 0 Å². The van der Waals surface area contributed by atoms with E-state index < -0.39 is 0 Å². The number of hydrogen-bond acceptors (Lipinski definition) is 1. The molecule has 0 aliphatic heterocycles. The molecule has 0 spiro atoms. The second-order valence-corrected chi connectivity index (χ2v) is 6.30. The molecule has 1 fully saturated rings. The van der Waals surface area contributed by atoms with Crippen molar-refractivity contribution in [3.05, 3.63) is 34.1 Å². The lowest BCUT2D eigenvalue weighted by atomic mass is 9.65. The quantitative estimate of drug-likeness (QED) is 0.772. The smallest absolute Gasteiger partial charge is 0.123 e. The molecule has 3 heteroatoms. The Hall–Kier alpha value is -0.410. The Kier molecular flexibility index (Phi) is 4.79. The molecule has 0 atom stereocenters. The van der Waals surface area contributed by atoms with E-state index in [1.54, 1.807) is 6.07 Å². The van der Waals surface area contributed by atoms with Gasteiger partial charge in [0.15, 0.2) is 0 Å². The molecule has 18 heavy (non-hydrogen) atoms. The molecule has 0 saturated heterocycles. The van der Waals surface area contributed by atoms with Crippen LogP contribution in [0.3, 0.4) is 0 Å². The molecule has 2 rings (SSSR count). The van der Waals surface area contributed by atoms with E-state index in [0.29, 0.717) is 5.41 Å². The minimum atomic E-state index is -0.135. The molecule has 0 unspecified atom stereocenters. The molecule has 0 radical (unpaired) electrons. The van der Waals surface area contributed by atoms with E-state index in [2.05, 4.69) is 28.2 Å². The highest BCUT2D eigenvalue weighted by atomic mass is 79.9. The molecule has 0 heterocycles. The number of hydrogen-bond donors (Lipinski definition) is 1. The Balaban J connectivity index is 2.03. The van der Waals surface area contributed by atoms with Crippen LogP contribution in [0.1, 0.15) is 38.2 Å². The van der Waals surface area contributed by atoms with Crippen LogP contribution in [0.15, 0.2) is 22.7 Å². The molecule has 1 N–H and O–H groups in total. The van der Waals surface area contributed by atoms with E-state index in [-0.39, 0.29) is 5.82 Å². The van der Waals surface area contributed by atoms with E-state index in [9.17, 15) is 4.39 Å². The maximum atomic E-state index is 13.3. The van der Waals surface area contributed by atoms with Gasteiger partial charge in [-0.1, -0.05) is 29.3 Å². The first-order valence-electron chi connectivity index (χ1n) is 6.80. The summed E-state index contributed by atoms with van der Waals surface area (Å²) in [5, 5.41) is 3.52. The number of benzene rings is 1. The first-order valence-corrected chi connectivity index (χ1v) is 7.59. The summed E-state index contributed by atoms with van der Waals surface area (Å²) in [6.07, 6.45) is 5.96. The van der Waals surface area contributed by atoms with Gasteiger partial charge in [-0.05, 0) is 61.4 Å². The van der Waals surface area contributed by atoms with Crippen molar-refractivity contribution >= 4 is 15.9 Å². The molecule has 1 nitrogen and oxygen atoms in total. The Morgan fingerprint density at radius 1 is 1.39 bits per heavy atom. The van der Waals surface area contributed by atoms with Gasteiger partial charge in [-0.15, -0.1) is 0 Å². The Labute approximate surface area is 117 Å². The predicted octanol–water partition coefficient (Wildman–Crippen LogP) is 4.30. The third kappa shape index (κ3) is 3.33. The van der Waals surface area contributed by atoms with Crippen molar-refractivity contribution in [3.8, 4) is 0 Å². The lowest BCUT2D eigenvalue weighted by molar-refractivity contribution is 0.130. The molecule has 1 aliphatic rings. The Morgan fingerprint density at radius 2 is 2.17 bits per heavy atom. The molecule has 1 aliphatic carbocycles. The molecule has 1 aromatic rings. The highest BCUT2D eigenvalue weighted by Crippen LogP contribution is 2.44. The van der Waals surface area contributed by atoms with Gasteiger partial charge in [-0.25, -0.2) is 4.39 Å². The van der Waals surface area contributed by atoms with Crippen molar-refractivity contribution in [1.82, 2.24) is 5.32 Å². The minimum Gasteiger partial charge on any atom is -0.316 e. The van der Waals surface area contributed by atoms with Gasteiger partial charge in [0, 0.05) is 11.0 Å². The predicted molar refractivity (Wildman–Crippen MR) is 77.2 cm³/mol. The van der Waals surface area contributed by atoms with Crippen LogP contribution in [0.2, 0.25) is 0 Å². The second kappa shape index (κ2) is 6.16. The minimum absolute atomic E-state index is 0.135. The molecule has 0 amide bonds. The topological polar surface area (TPSA) is 12.0 Å². The van der Waals surface area contributed by atoms with Gasteiger partial charge in [-0.2, -0.15) is 0 Å². The summed E-state index contributed by atoms with van der Waals surface area (Å²) in [6.45, 7) is 4.32. The average molecular weight is 314 g/mol. The summed E-state index contributed by atoms with van der Waals surface area (Å²) >= 11 is 3.53. The molecular formula is C15H21BrFN. The van der Waals surface area contributed by atoms with Crippen molar-refractivity contribution in [2.45, 2.75) is 39.0 Å². The van der Waals surface area contributed by atoms with E-state index in [1.165, 1.54) is 31.7 Å². The van der Waals surface area contributed by atoms with E-state index in [4.69, 9.17) is 0 Å². The van der Waals surface area contributed by atoms with Crippen molar-refractivity contribution in [1.29, 1.82) is 0 Å². The van der Waals surface area contributed by atoms with Crippen molar-refractivity contribution in [2.75, 3.05) is 13.1 Å². The van der Waals surface area contributed by atoms with Crippen LogP contribution in [-0.2, 0) is 6.42 Å². The van der Waals surface area contributed by atoms with Gasteiger partial charge in [0.25, 0.3) is 0 Å². The monoisotopic (exact) mass is 313 g/mol. The fourth-order valence-corrected chi connectivity index (χ4v) is 3.09. The van der Waals surface area contributed by atoms with Crippen LogP contribution in [0.4, 0.5) is 4.39 Å². The fraction of sp³-hybridized carbons (Fsp3) is 0.600. The standard InChI is InChI=1S/C15H21BrFN/c1-2-8-18-11-15(6-3-7-15)10-12-9-13(17)4-5-14(12)16/h4-5,9,18H,2-3,6-8,10-11H2,1H3. The summed E-state index contributed by atoms with van der Waals surface area (Å²) in [5.41, 5.74) is 1.46. The van der Waals surface area contributed by atoms with Crippen LogP contribution in [0, 0.1) is 11.2 Å². The van der Waals surface area contributed by atoms with E-state index in [1.807, 2.05) is 6.07 Å². The highest BCUT2D eigenvalue weighted by Gasteiger charge is 2.36. The van der Waals surface area contributed by atoms with Crippen LogP contribution < -0.4 is 5.32 Å². The number of halogens is 2. The summed E-state index contributed by atoms with van der Waals surface area (Å²) in [7, 11) is 0. The van der Waals surface area contributed by atoms with Crippen molar-refractivity contribution in [2.24, 2.45) is 5.41 Å². The fourth-order valence-electron chi connectivity index (χ4n) is 2.71. The lowest BCUT2D eigenvalue weighted by Crippen LogP contribution is -2.42. The average Bonchev–Trinajstić information content (AvgIpc) is 2.30. The third-order valence-electron chi connectivity index (χ3n) is 3.91. The molecule has 1 saturated carbocycles. The van der Waals surface area contributed by atoms with Crippen molar-refractivity contribution in [3.63, 3.8) is 0 Å². The summed E-state index contributed by atoms with van der Waals surface area (Å²) < 4.78 is 14.3. The van der Waals surface area contributed by atoms with Gasteiger partial charge < -0.3 is 5.32 Å². The largest absolute Gasteiger partial charge is 0.316 e. The molecule has 0 aromatic heterocycles. The normalized spacial score (nSPS) is 17.5. The lowest BCUT2D eigenvalue weighted by Gasteiger charge is -2.42. The van der Waals surface area contributed by atoms with Crippen LogP contribution in [-0.4, -0.2) is 13.1 Å². The van der Waals surface area contributed by atoms with Gasteiger partial charge in [0.1, 0.15) is 5.82 Å². The Bertz CT molecular complexity index is 401. The molecular weight excluding hydrogens is 293 g/mol. The van der Waals surface area contributed by atoms with Gasteiger partial charge >= 0.3 is 0 Å². The molecule has 1 aromatic carbocycles. The highest BCUT2D eigenvalue weighted by molar-refractivity contribution is 9.10. The van der Waals surface area contributed by atoms with E-state index >= 15 is 0 Å². The molecule has 100 valence electrons. The van der Waals surface area contributed by atoms with Gasteiger partial charge in [0.2, 0.25) is 0 Å². The van der Waals surface area contributed by atoms with Crippen LogP contribution in [0.5, 0.6) is 0 Å². The first kappa shape index (κ1) is 14.0. The SMILES string of the molecule is CCCNCC1(Cc2cc(F)ccc2Br)CCC1. The number of rotatable bonds is 6.